The minimum Gasteiger partial charge on any atom is -0.412 e. The van der Waals surface area contributed by atoms with Crippen molar-refractivity contribution in [2.24, 2.45) is 21.6 Å². The van der Waals surface area contributed by atoms with E-state index in [0.717, 1.165) is 24.0 Å². The molecule has 1 atom stereocenters. The Hall–Kier alpha value is -3.48. The number of rotatable bonds is 3. The van der Waals surface area contributed by atoms with Crippen molar-refractivity contribution in [3.8, 4) is 0 Å². The molecule has 4 rings (SSSR count). The molecule has 7 heteroatoms. The third-order valence-electron chi connectivity index (χ3n) is 4.39. The normalized spacial score (nSPS) is 19.4. The molecule has 2 aromatic carbocycles. The lowest BCUT2D eigenvalue weighted by Crippen LogP contribution is -2.29. The second kappa shape index (κ2) is 7.03. The van der Waals surface area contributed by atoms with Gasteiger partial charge in [-0.3, -0.25) is 10.2 Å². The van der Waals surface area contributed by atoms with Crippen LogP contribution in [0.15, 0.2) is 64.6 Å². The van der Waals surface area contributed by atoms with Gasteiger partial charge in [0.05, 0.1) is 11.4 Å². The molecular weight excluding hydrogens is 342 g/mol. The minimum absolute atomic E-state index is 0.0841. The van der Waals surface area contributed by atoms with Crippen molar-refractivity contribution in [2.45, 2.75) is 19.0 Å². The molecule has 0 radical (unpaired) electrons. The van der Waals surface area contributed by atoms with Crippen molar-refractivity contribution in [1.29, 1.82) is 5.41 Å². The van der Waals surface area contributed by atoms with E-state index in [9.17, 15) is 4.79 Å². The average molecular weight is 361 g/mol. The third-order valence-corrected chi connectivity index (χ3v) is 4.39. The molecule has 2 aromatic rings. The van der Waals surface area contributed by atoms with Crippen LogP contribution in [-0.4, -0.2) is 29.7 Å². The number of amidine groups is 1. The van der Waals surface area contributed by atoms with E-state index in [0.29, 0.717) is 11.4 Å². The van der Waals surface area contributed by atoms with Crippen molar-refractivity contribution in [1.82, 2.24) is 0 Å². The molecule has 0 spiro atoms. The number of ether oxygens (including phenoxy) is 1. The number of hydrogen-bond acceptors (Lipinski definition) is 5. The van der Waals surface area contributed by atoms with Gasteiger partial charge in [0.25, 0.3) is 11.9 Å². The number of benzodiazepines with no additional fused rings is 1. The van der Waals surface area contributed by atoms with E-state index in [1.54, 1.807) is 0 Å². The van der Waals surface area contributed by atoms with Gasteiger partial charge in [-0.1, -0.05) is 48.5 Å². The summed E-state index contributed by atoms with van der Waals surface area (Å²) >= 11 is 0. The van der Waals surface area contributed by atoms with Crippen molar-refractivity contribution < 1.29 is 9.53 Å². The number of benzene rings is 2. The lowest BCUT2D eigenvalue weighted by Gasteiger charge is -2.09. The molecule has 1 aliphatic heterocycles. The number of nitrogens with zero attached hydrogens (tertiary/aromatic N) is 2. The molecule has 0 aromatic heterocycles. The van der Waals surface area contributed by atoms with Crippen molar-refractivity contribution in [3.05, 3.63) is 65.7 Å². The summed E-state index contributed by atoms with van der Waals surface area (Å²) < 4.78 is 5.25. The Bertz CT molecular complexity index is 948. The summed E-state index contributed by atoms with van der Waals surface area (Å²) in [7, 11) is 0. The summed E-state index contributed by atoms with van der Waals surface area (Å²) in [6, 6.07) is 16.8. The van der Waals surface area contributed by atoms with Crippen LogP contribution < -0.4 is 11.1 Å². The van der Waals surface area contributed by atoms with Gasteiger partial charge in [-0.05, 0) is 18.9 Å². The summed E-state index contributed by atoms with van der Waals surface area (Å²) in [6.45, 7) is 0. The quantitative estimate of drug-likeness (QED) is 0.576. The molecule has 7 nitrogen and oxygen atoms in total. The predicted octanol–water partition coefficient (Wildman–Crippen LogP) is 2.52. The number of anilines is 1. The molecule has 1 amide bonds. The van der Waals surface area contributed by atoms with Crippen LogP contribution in [0.4, 0.5) is 5.69 Å². The first-order chi connectivity index (χ1) is 13.1. The number of amides is 1. The van der Waals surface area contributed by atoms with E-state index in [1.165, 1.54) is 0 Å². The van der Waals surface area contributed by atoms with E-state index in [-0.39, 0.29) is 17.8 Å². The van der Waals surface area contributed by atoms with E-state index < -0.39 is 12.1 Å². The number of hydrogen-bond donors (Lipinski definition) is 3. The Morgan fingerprint density at radius 2 is 1.85 bits per heavy atom. The highest BCUT2D eigenvalue weighted by atomic mass is 16.5. The number of para-hydroxylation sites is 1. The van der Waals surface area contributed by atoms with Crippen LogP contribution >= 0.6 is 0 Å². The molecule has 0 saturated heterocycles. The van der Waals surface area contributed by atoms with Gasteiger partial charge in [0.2, 0.25) is 6.17 Å². The molecule has 4 N–H and O–H groups in total. The van der Waals surface area contributed by atoms with Crippen molar-refractivity contribution >= 4 is 29.2 Å². The molecule has 1 aliphatic carbocycles. The maximum absolute atomic E-state index is 12.6. The first-order valence-corrected chi connectivity index (χ1v) is 8.75. The molecule has 27 heavy (non-hydrogen) atoms. The second-order valence-corrected chi connectivity index (χ2v) is 6.46. The lowest BCUT2D eigenvalue weighted by atomic mass is 10.0. The number of fused-ring (bicyclic) bond motifs is 1. The Morgan fingerprint density at radius 1 is 1.15 bits per heavy atom. The van der Waals surface area contributed by atoms with Crippen LogP contribution in [0.3, 0.4) is 0 Å². The summed E-state index contributed by atoms with van der Waals surface area (Å²) in [5.41, 5.74) is 8.79. The number of carbonyl (C=O) groups excluding carboxylic acids is 1. The number of nitrogens with one attached hydrogen (secondary N) is 2. The molecule has 1 unspecified atom stereocenters. The smallest absolute Gasteiger partial charge is 0.291 e. The van der Waals surface area contributed by atoms with E-state index in [2.05, 4.69) is 15.3 Å². The lowest BCUT2D eigenvalue weighted by molar-refractivity contribution is -0.117. The Labute approximate surface area is 156 Å². The molecule has 1 saturated carbocycles. The minimum atomic E-state index is -1.10. The van der Waals surface area contributed by atoms with E-state index >= 15 is 0 Å². The first-order valence-electron chi connectivity index (χ1n) is 8.75. The van der Waals surface area contributed by atoms with Crippen molar-refractivity contribution in [2.75, 3.05) is 5.32 Å². The van der Waals surface area contributed by atoms with E-state index in [4.69, 9.17) is 15.9 Å². The number of nitrogens with two attached hydrogens (primary N) is 1. The standard InChI is InChI=1S/C20H19N5O2/c21-17(13-10-11-13)27-20(22)25-18-19(26)23-15-9-5-4-8-14(15)16(24-18)12-6-2-1-3-7-12/h1-9,13,18,21H,10-11H2,(H2,22,25)(H,23,26). The van der Waals surface area contributed by atoms with Gasteiger partial charge in [0.15, 0.2) is 5.90 Å². The zero-order valence-corrected chi connectivity index (χ0v) is 14.6. The molecule has 136 valence electrons. The first kappa shape index (κ1) is 17.0. The van der Waals surface area contributed by atoms with Crippen LogP contribution in [-0.2, 0) is 9.53 Å². The summed E-state index contributed by atoms with van der Waals surface area (Å²) in [5.74, 6) is -0.215. The molecule has 2 aliphatic rings. The maximum atomic E-state index is 12.6. The van der Waals surface area contributed by atoms with Crippen LogP contribution in [0, 0.1) is 11.3 Å². The SMILES string of the molecule is N=C(O/C(N)=N/C1N=C(c2ccccc2)c2ccccc2NC1=O)C1CC1. The Balaban J connectivity index is 1.72. The highest BCUT2D eigenvalue weighted by Gasteiger charge is 2.30. The molecular formula is C20H19N5O2. The summed E-state index contributed by atoms with van der Waals surface area (Å²) in [6.07, 6.45) is 0.739. The van der Waals surface area contributed by atoms with Crippen LogP contribution in [0.5, 0.6) is 0 Å². The Morgan fingerprint density at radius 3 is 2.59 bits per heavy atom. The third kappa shape index (κ3) is 3.72. The fourth-order valence-electron chi connectivity index (χ4n) is 2.85. The molecule has 0 bridgehead atoms. The van der Waals surface area contributed by atoms with Crippen molar-refractivity contribution in [3.63, 3.8) is 0 Å². The Kier molecular flexibility index (Phi) is 4.42. The van der Waals surface area contributed by atoms with Crippen LogP contribution in [0.1, 0.15) is 24.0 Å². The molecule has 1 heterocycles. The van der Waals surface area contributed by atoms with Gasteiger partial charge in [0, 0.05) is 17.0 Å². The largest absolute Gasteiger partial charge is 0.412 e. The monoisotopic (exact) mass is 361 g/mol. The van der Waals surface area contributed by atoms with Crippen LogP contribution in [0.25, 0.3) is 0 Å². The highest BCUT2D eigenvalue weighted by Crippen LogP contribution is 2.30. The predicted molar refractivity (Wildman–Crippen MR) is 104 cm³/mol. The van der Waals surface area contributed by atoms with Crippen LogP contribution in [0.2, 0.25) is 0 Å². The summed E-state index contributed by atoms with van der Waals surface area (Å²) in [4.78, 5) is 21.3. The number of aliphatic imine (C=N–C) groups is 2. The van der Waals surface area contributed by atoms with Gasteiger partial charge in [-0.2, -0.15) is 4.99 Å². The van der Waals surface area contributed by atoms with Gasteiger partial charge >= 0.3 is 0 Å². The fraction of sp³-hybridized carbons (Fsp3) is 0.200. The van der Waals surface area contributed by atoms with Gasteiger partial charge in [-0.25, -0.2) is 4.99 Å². The highest BCUT2D eigenvalue weighted by molar-refractivity contribution is 6.19. The zero-order valence-electron chi connectivity index (χ0n) is 14.6. The fourth-order valence-corrected chi connectivity index (χ4v) is 2.85. The van der Waals surface area contributed by atoms with Gasteiger partial charge in [0.1, 0.15) is 0 Å². The topological polar surface area (TPSA) is 113 Å². The zero-order chi connectivity index (χ0) is 18.8. The number of carbonyl (C=O) groups is 1. The second-order valence-electron chi connectivity index (χ2n) is 6.46. The summed E-state index contributed by atoms with van der Waals surface area (Å²) in [5, 5.41) is 10.6. The molecule has 1 fully saturated rings. The van der Waals surface area contributed by atoms with E-state index in [1.807, 2.05) is 54.6 Å². The maximum Gasteiger partial charge on any atom is 0.291 e. The average Bonchev–Trinajstić information content (AvgIpc) is 3.52. The van der Waals surface area contributed by atoms with Gasteiger partial charge < -0.3 is 15.8 Å². The van der Waals surface area contributed by atoms with Gasteiger partial charge in [-0.15, -0.1) is 0 Å².